The molecule has 0 unspecified atom stereocenters. The number of halogens is 1. The Morgan fingerprint density at radius 1 is 1.28 bits per heavy atom. The van der Waals surface area contributed by atoms with Crippen molar-refractivity contribution in [1.82, 2.24) is 29.9 Å². The molecule has 1 aliphatic heterocycles. The summed E-state index contributed by atoms with van der Waals surface area (Å²) in [5, 5.41) is 11.5. The van der Waals surface area contributed by atoms with E-state index in [4.69, 9.17) is 5.73 Å². The maximum absolute atomic E-state index is 11.6. The minimum absolute atomic E-state index is 0. The van der Waals surface area contributed by atoms with Gasteiger partial charge in [0.15, 0.2) is 11.8 Å². The molecule has 1 fully saturated rings. The van der Waals surface area contributed by atoms with Crippen LogP contribution in [0.15, 0.2) is 4.99 Å². The minimum Gasteiger partial charge on any atom is -0.368 e. The lowest BCUT2D eigenvalue weighted by molar-refractivity contribution is -0.129. The zero-order valence-corrected chi connectivity index (χ0v) is 17.9. The maximum atomic E-state index is 11.6. The van der Waals surface area contributed by atoms with Crippen molar-refractivity contribution in [1.29, 1.82) is 0 Å². The summed E-state index contributed by atoms with van der Waals surface area (Å²) in [7, 11) is 3.71. The highest BCUT2D eigenvalue weighted by Crippen LogP contribution is 2.16. The van der Waals surface area contributed by atoms with Gasteiger partial charge in [0.1, 0.15) is 5.82 Å². The number of hydrogen-bond donors (Lipinski definition) is 2. The summed E-state index contributed by atoms with van der Waals surface area (Å²) in [6.45, 7) is 9.33. The van der Waals surface area contributed by atoms with Gasteiger partial charge in [0.25, 0.3) is 0 Å². The molecule has 1 amide bonds. The fraction of sp³-hybridized carbons (Fsp3) is 0.733. The van der Waals surface area contributed by atoms with Crippen molar-refractivity contribution in [2.45, 2.75) is 32.9 Å². The van der Waals surface area contributed by atoms with E-state index in [0.717, 1.165) is 43.8 Å². The second kappa shape index (κ2) is 8.79. The summed E-state index contributed by atoms with van der Waals surface area (Å²) in [5.74, 6) is 2.27. The fourth-order valence-electron chi connectivity index (χ4n) is 2.73. The van der Waals surface area contributed by atoms with Gasteiger partial charge < -0.3 is 20.5 Å². The van der Waals surface area contributed by atoms with E-state index in [1.165, 1.54) is 0 Å². The van der Waals surface area contributed by atoms with E-state index in [1.54, 1.807) is 7.05 Å². The molecule has 1 saturated heterocycles. The van der Waals surface area contributed by atoms with E-state index in [9.17, 15) is 4.79 Å². The molecule has 0 atom stereocenters. The topological polar surface area (TPSA) is 105 Å². The molecule has 1 aliphatic rings. The van der Waals surface area contributed by atoms with Crippen molar-refractivity contribution in [2.75, 3.05) is 33.2 Å². The van der Waals surface area contributed by atoms with Crippen LogP contribution in [0.3, 0.4) is 0 Å². The predicted molar refractivity (Wildman–Crippen MR) is 108 cm³/mol. The maximum Gasteiger partial charge on any atom is 0.237 e. The van der Waals surface area contributed by atoms with Gasteiger partial charge in [-0.05, 0) is 20.8 Å². The summed E-state index contributed by atoms with van der Waals surface area (Å²) >= 11 is 0. The van der Waals surface area contributed by atoms with Crippen molar-refractivity contribution >= 4 is 35.8 Å². The summed E-state index contributed by atoms with van der Waals surface area (Å²) in [6, 6.07) is 0. The Labute approximate surface area is 166 Å². The van der Waals surface area contributed by atoms with Gasteiger partial charge in [0.2, 0.25) is 5.91 Å². The third kappa shape index (κ3) is 4.81. The number of rotatable bonds is 4. The average Bonchev–Trinajstić information content (AvgIpc) is 2.87. The second-order valence-corrected chi connectivity index (χ2v) is 6.52. The molecule has 10 heteroatoms. The van der Waals surface area contributed by atoms with Crippen LogP contribution in [0.4, 0.5) is 0 Å². The first-order valence-corrected chi connectivity index (χ1v) is 8.12. The first-order chi connectivity index (χ1) is 11.3. The molecule has 142 valence electrons. The number of aliphatic imine (C=N–C) groups is 1. The molecular formula is C15H29IN8O. The molecule has 0 radical (unpaired) electrons. The number of nitrogens with zero attached hydrogens (tertiary/aromatic N) is 6. The zero-order valence-electron chi connectivity index (χ0n) is 15.6. The second-order valence-electron chi connectivity index (χ2n) is 6.52. The van der Waals surface area contributed by atoms with Crippen LogP contribution in [0, 0.1) is 6.92 Å². The number of hydrogen-bond acceptors (Lipinski definition) is 5. The third-order valence-electron chi connectivity index (χ3n) is 4.77. The molecule has 0 spiro atoms. The van der Waals surface area contributed by atoms with E-state index in [2.05, 4.69) is 30.3 Å². The lowest BCUT2D eigenvalue weighted by Gasteiger charge is -2.43. The van der Waals surface area contributed by atoms with Crippen LogP contribution >= 0.6 is 24.0 Å². The summed E-state index contributed by atoms with van der Waals surface area (Å²) in [4.78, 5) is 20.2. The van der Waals surface area contributed by atoms with Gasteiger partial charge in [0, 0.05) is 40.3 Å². The highest BCUT2D eigenvalue weighted by Gasteiger charge is 2.35. The third-order valence-corrected chi connectivity index (χ3v) is 4.77. The molecule has 1 aromatic heterocycles. The van der Waals surface area contributed by atoms with Gasteiger partial charge in [0.05, 0.1) is 12.1 Å². The number of nitrogens with two attached hydrogens (primary N) is 1. The van der Waals surface area contributed by atoms with Crippen molar-refractivity contribution in [3.8, 4) is 0 Å². The number of nitrogens with one attached hydrogen (secondary N) is 1. The quantitative estimate of drug-likeness (QED) is 0.360. The molecule has 0 bridgehead atoms. The number of carbonyl (C=O) groups excluding carboxylic acids is 1. The molecule has 9 nitrogen and oxygen atoms in total. The van der Waals surface area contributed by atoms with E-state index < -0.39 is 5.54 Å². The van der Waals surface area contributed by atoms with Crippen molar-refractivity contribution in [2.24, 2.45) is 17.8 Å². The zero-order chi connectivity index (χ0) is 17.9. The first-order valence-electron chi connectivity index (χ1n) is 8.12. The molecule has 25 heavy (non-hydrogen) atoms. The number of aromatic nitrogens is 3. The van der Waals surface area contributed by atoms with Crippen LogP contribution in [-0.4, -0.2) is 75.2 Å². The van der Waals surface area contributed by atoms with E-state index in [0.29, 0.717) is 6.54 Å². The summed E-state index contributed by atoms with van der Waals surface area (Å²) in [6.07, 6.45) is 0. The average molecular weight is 464 g/mol. The Morgan fingerprint density at radius 2 is 1.88 bits per heavy atom. The van der Waals surface area contributed by atoms with Crippen LogP contribution in [-0.2, 0) is 18.4 Å². The van der Waals surface area contributed by atoms with Crippen molar-refractivity contribution in [3.63, 3.8) is 0 Å². The Hall–Kier alpha value is -1.43. The predicted octanol–water partition coefficient (Wildman–Crippen LogP) is -0.302. The fourth-order valence-corrected chi connectivity index (χ4v) is 2.73. The van der Waals surface area contributed by atoms with Crippen LogP contribution < -0.4 is 11.1 Å². The summed E-state index contributed by atoms with van der Waals surface area (Å²) < 4.78 is 1.95. The molecule has 2 heterocycles. The van der Waals surface area contributed by atoms with E-state index in [-0.39, 0.29) is 29.9 Å². The van der Waals surface area contributed by atoms with Gasteiger partial charge in [-0.25, -0.2) is 0 Å². The smallest absolute Gasteiger partial charge is 0.237 e. The molecule has 3 N–H and O–H groups in total. The molecule has 2 rings (SSSR count). The van der Waals surface area contributed by atoms with Crippen LogP contribution in [0.5, 0.6) is 0 Å². The van der Waals surface area contributed by atoms with Gasteiger partial charge in [-0.15, -0.1) is 34.2 Å². The van der Waals surface area contributed by atoms with Crippen LogP contribution in [0.1, 0.15) is 25.5 Å². The largest absolute Gasteiger partial charge is 0.368 e. The number of primary amides is 1. The Bertz CT molecular complexity index is 619. The lowest BCUT2D eigenvalue weighted by atomic mass is 10.0. The number of amides is 1. The Morgan fingerprint density at radius 3 is 2.32 bits per heavy atom. The van der Waals surface area contributed by atoms with Gasteiger partial charge in [-0.3, -0.25) is 14.7 Å². The highest BCUT2D eigenvalue weighted by atomic mass is 127. The molecule has 0 saturated carbocycles. The van der Waals surface area contributed by atoms with E-state index in [1.807, 2.05) is 32.4 Å². The summed E-state index contributed by atoms with van der Waals surface area (Å²) in [5.41, 5.74) is 4.88. The number of carbonyl (C=O) groups is 1. The number of aryl methyl sites for hydroxylation is 1. The highest BCUT2D eigenvalue weighted by molar-refractivity contribution is 14.0. The Balaban J connectivity index is 0.00000312. The monoisotopic (exact) mass is 464 g/mol. The normalized spacial score (nSPS) is 16.5. The molecular weight excluding hydrogens is 435 g/mol. The van der Waals surface area contributed by atoms with Crippen LogP contribution in [0.2, 0.25) is 0 Å². The van der Waals surface area contributed by atoms with Gasteiger partial charge >= 0.3 is 0 Å². The number of guanidine groups is 1. The van der Waals surface area contributed by atoms with Gasteiger partial charge in [-0.2, -0.15) is 0 Å². The first kappa shape index (κ1) is 21.6. The SMILES string of the molecule is CN=C(NCc1nnc(C)n1C)N1CCN(C(C)(C)C(N)=O)CC1.I. The molecule has 0 aliphatic carbocycles. The molecule has 1 aromatic rings. The lowest BCUT2D eigenvalue weighted by Crippen LogP contribution is -2.61. The van der Waals surface area contributed by atoms with Crippen molar-refractivity contribution in [3.05, 3.63) is 11.6 Å². The molecule has 0 aromatic carbocycles. The van der Waals surface area contributed by atoms with Crippen molar-refractivity contribution < 1.29 is 4.79 Å². The number of piperazine rings is 1. The minimum atomic E-state index is -0.626. The van der Waals surface area contributed by atoms with Gasteiger partial charge in [-0.1, -0.05) is 0 Å². The Kier molecular flexibility index (Phi) is 7.60. The van der Waals surface area contributed by atoms with Crippen LogP contribution in [0.25, 0.3) is 0 Å². The standard InChI is InChI=1S/C15H28N8O.HI/c1-11-19-20-12(21(11)5)10-18-14(17-4)22-6-8-23(9-7-22)15(2,3)13(16)24;/h6-10H2,1-5H3,(H2,16,24)(H,17,18);1H. The van der Waals surface area contributed by atoms with E-state index >= 15 is 0 Å².